The molecule has 1 aliphatic heterocycles. The molecule has 3 aromatic carbocycles. The molecule has 15 heteroatoms. The number of amides is 2. The van der Waals surface area contributed by atoms with Crippen LogP contribution < -0.4 is 15.8 Å². The number of carbonyl (C=O) groups excluding carboxylic acids is 2. The van der Waals surface area contributed by atoms with Crippen LogP contribution in [-0.4, -0.2) is 96.1 Å². The summed E-state index contributed by atoms with van der Waals surface area (Å²) in [6, 6.07) is 15.8. The molecule has 248 valence electrons. The number of nitrogens with zero attached hydrogens (tertiary/aromatic N) is 3. The Balaban J connectivity index is 1.43. The average Bonchev–Trinajstić information content (AvgIpc) is 3.04. The second-order valence-corrected chi connectivity index (χ2v) is 14.7. The van der Waals surface area contributed by atoms with Gasteiger partial charge in [-0.3, -0.25) is 23.7 Å². The first-order valence-electron chi connectivity index (χ1n) is 14.6. The van der Waals surface area contributed by atoms with Crippen LogP contribution in [0.25, 0.3) is 10.9 Å². The van der Waals surface area contributed by atoms with Crippen molar-refractivity contribution in [3.63, 3.8) is 0 Å². The number of methoxy groups -OCH3 is 1. The molecular formula is C32H35N5O8S2. The van der Waals surface area contributed by atoms with E-state index in [9.17, 15) is 26.4 Å². The lowest BCUT2D eigenvalue weighted by molar-refractivity contribution is 0.0622. The third-order valence-electron chi connectivity index (χ3n) is 7.81. The van der Waals surface area contributed by atoms with Gasteiger partial charge in [-0.25, -0.2) is 8.42 Å². The summed E-state index contributed by atoms with van der Waals surface area (Å²) in [7, 11) is -6.14. The highest BCUT2D eigenvalue weighted by atomic mass is 32.2. The number of anilines is 2. The second-order valence-electron chi connectivity index (χ2n) is 11.1. The molecule has 4 aromatic rings. The Morgan fingerprint density at radius 3 is 2.36 bits per heavy atom. The maximum atomic E-state index is 14.0. The van der Waals surface area contributed by atoms with Crippen molar-refractivity contribution < 1.29 is 35.3 Å². The van der Waals surface area contributed by atoms with E-state index in [1.54, 1.807) is 42.2 Å². The zero-order chi connectivity index (χ0) is 33.9. The molecule has 0 aliphatic carbocycles. The summed E-state index contributed by atoms with van der Waals surface area (Å²) < 4.78 is 60.6. The molecule has 0 radical (unpaired) electrons. The van der Waals surface area contributed by atoms with Gasteiger partial charge in [-0.1, -0.05) is 12.1 Å². The second kappa shape index (κ2) is 13.7. The van der Waals surface area contributed by atoms with Gasteiger partial charge >= 0.3 is 0 Å². The van der Waals surface area contributed by atoms with Gasteiger partial charge in [0.1, 0.15) is 5.75 Å². The Morgan fingerprint density at radius 1 is 0.957 bits per heavy atom. The van der Waals surface area contributed by atoms with Gasteiger partial charge in [-0.15, -0.1) is 0 Å². The van der Waals surface area contributed by atoms with E-state index in [2.05, 4.69) is 10.3 Å². The molecule has 13 nitrogen and oxygen atoms in total. The van der Waals surface area contributed by atoms with E-state index in [4.69, 9.17) is 14.7 Å². The quantitative estimate of drug-likeness (QED) is 0.222. The number of primary amides is 1. The van der Waals surface area contributed by atoms with Crippen LogP contribution in [-0.2, 0) is 24.1 Å². The summed E-state index contributed by atoms with van der Waals surface area (Å²) in [5.74, 6) is -0.488. The molecule has 1 saturated heterocycles. The Kier molecular flexibility index (Phi) is 9.81. The van der Waals surface area contributed by atoms with Crippen molar-refractivity contribution in [3.05, 3.63) is 83.6 Å². The van der Waals surface area contributed by atoms with Crippen molar-refractivity contribution in [2.24, 2.45) is 5.73 Å². The van der Waals surface area contributed by atoms with Crippen LogP contribution in [0, 0.1) is 6.92 Å². The Bertz CT molecular complexity index is 2060. The minimum absolute atomic E-state index is 0.0272. The maximum Gasteiger partial charge on any atom is 0.264 e. The molecular weight excluding hydrogens is 647 g/mol. The number of carbonyl (C=O) groups is 2. The van der Waals surface area contributed by atoms with Crippen LogP contribution in [0.1, 0.15) is 26.3 Å². The number of ether oxygens (including phenoxy) is 1. The fourth-order valence-electron chi connectivity index (χ4n) is 5.38. The first kappa shape index (κ1) is 33.8. The average molecular weight is 682 g/mol. The summed E-state index contributed by atoms with van der Waals surface area (Å²) in [5, 5.41) is 3.57. The van der Waals surface area contributed by atoms with Gasteiger partial charge in [-0.2, -0.15) is 8.42 Å². The number of aromatic nitrogens is 1. The number of sulfone groups is 1. The van der Waals surface area contributed by atoms with Crippen molar-refractivity contribution >= 4 is 54.0 Å². The van der Waals surface area contributed by atoms with Crippen LogP contribution in [0.5, 0.6) is 5.75 Å². The standard InChI is InChI=1S/C32H35N5O8S2/c1-21-16-26(19-27-29(21)34-20-28(31(33)38)30(27)35-23-7-5-8-24(18-23)44-2)47(42,43)25-9-4-6-22(17-25)32(39)37-12-10-36(11-13-37)14-15-45-46(3,40)41/h4-9,16-20H,10-15H2,1-3H3,(H2,33,38)(H,34,35). The number of hydrogen-bond acceptors (Lipinski definition) is 11. The van der Waals surface area contributed by atoms with E-state index in [0.29, 0.717) is 66.3 Å². The molecule has 1 aromatic heterocycles. The number of benzene rings is 3. The van der Waals surface area contributed by atoms with Gasteiger partial charge in [-0.05, 0) is 55.0 Å². The number of pyridine rings is 1. The monoisotopic (exact) mass is 681 g/mol. The van der Waals surface area contributed by atoms with E-state index in [0.717, 1.165) is 6.26 Å². The molecule has 0 unspecified atom stereocenters. The third-order valence-corrected chi connectivity index (χ3v) is 10.1. The minimum Gasteiger partial charge on any atom is -0.497 e. The molecule has 0 atom stereocenters. The van der Waals surface area contributed by atoms with Gasteiger partial charge in [0, 0.05) is 61.6 Å². The maximum absolute atomic E-state index is 14.0. The lowest BCUT2D eigenvalue weighted by atomic mass is 10.1. The number of aryl methyl sites for hydroxylation is 1. The predicted molar refractivity (Wildman–Crippen MR) is 176 cm³/mol. The van der Waals surface area contributed by atoms with Crippen molar-refractivity contribution in [1.82, 2.24) is 14.8 Å². The first-order chi connectivity index (χ1) is 22.3. The molecule has 5 rings (SSSR count). The van der Waals surface area contributed by atoms with Crippen molar-refractivity contribution in [3.8, 4) is 5.75 Å². The Labute approximate surface area is 273 Å². The highest BCUT2D eigenvalue weighted by Gasteiger charge is 2.26. The van der Waals surface area contributed by atoms with E-state index in [1.165, 1.54) is 43.6 Å². The summed E-state index contributed by atoms with van der Waals surface area (Å²) in [4.78, 5) is 33.8. The van der Waals surface area contributed by atoms with Gasteiger partial charge in [0.15, 0.2) is 0 Å². The number of rotatable bonds is 11. The van der Waals surface area contributed by atoms with E-state index >= 15 is 0 Å². The molecule has 1 aliphatic rings. The van der Waals surface area contributed by atoms with Gasteiger partial charge in [0.2, 0.25) is 9.84 Å². The molecule has 1 fully saturated rings. The zero-order valence-corrected chi connectivity index (χ0v) is 27.7. The smallest absolute Gasteiger partial charge is 0.264 e. The topological polar surface area (TPSA) is 178 Å². The highest BCUT2D eigenvalue weighted by molar-refractivity contribution is 7.91. The number of nitrogens with one attached hydrogen (secondary N) is 1. The van der Waals surface area contributed by atoms with E-state index in [1.807, 2.05) is 4.90 Å². The zero-order valence-electron chi connectivity index (χ0n) is 26.1. The molecule has 0 bridgehead atoms. The summed E-state index contributed by atoms with van der Waals surface area (Å²) in [6.45, 7) is 3.95. The van der Waals surface area contributed by atoms with E-state index < -0.39 is 25.9 Å². The SMILES string of the molecule is COc1cccc(Nc2c(C(N)=O)cnc3c(C)cc(S(=O)(=O)c4cccc(C(=O)N5CCN(CCOS(C)(=O)=O)CC5)c4)cc23)c1. The normalized spacial score (nSPS) is 14.2. The van der Waals surface area contributed by atoms with Crippen molar-refractivity contribution in [1.29, 1.82) is 0 Å². The summed E-state index contributed by atoms with van der Waals surface area (Å²) >= 11 is 0. The van der Waals surface area contributed by atoms with Crippen LogP contribution >= 0.6 is 0 Å². The predicted octanol–water partition coefficient (Wildman–Crippen LogP) is 2.96. The minimum atomic E-state index is -4.14. The van der Waals surface area contributed by atoms with E-state index in [-0.39, 0.29) is 33.4 Å². The Morgan fingerprint density at radius 2 is 1.68 bits per heavy atom. The lowest BCUT2D eigenvalue weighted by Gasteiger charge is -2.34. The lowest BCUT2D eigenvalue weighted by Crippen LogP contribution is -2.49. The van der Waals surface area contributed by atoms with Gasteiger partial charge in [0.05, 0.1) is 46.5 Å². The highest BCUT2D eigenvalue weighted by Crippen LogP contribution is 2.35. The largest absolute Gasteiger partial charge is 0.497 e. The summed E-state index contributed by atoms with van der Waals surface area (Å²) in [6.07, 6.45) is 2.35. The van der Waals surface area contributed by atoms with Crippen LogP contribution in [0.2, 0.25) is 0 Å². The fourth-order valence-corrected chi connectivity index (χ4v) is 7.17. The first-order valence-corrected chi connectivity index (χ1v) is 17.9. The molecule has 0 spiro atoms. The molecule has 3 N–H and O–H groups in total. The molecule has 47 heavy (non-hydrogen) atoms. The fraction of sp³-hybridized carbons (Fsp3) is 0.281. The number of fused-ring (bicyclic) bond motifs is 1. The van der Waals surface area contributed by atoms with Crippen molar-refractivity contribution in [2.45, 2.75) is 16.7 Å². The number of hydrogen-bond donors (Lipinski definition) is 2. The summed E-state index contributed by atoms with van der Waals surface area (Å²) in [5.41, 5.74) is 7.89. The Hall–Kier alpha value is -4.57. The third kappa shape index (κ3) is 7.71. The van der Waals surface area contributed by atoms with Crippen molar-refractivity contribution in [2.75, 3.05) is 58.0 Å². The molecule has 0 saturated carbocycles. The van der Waals surface area contributed by atoms with Gasteiger partial charge < -0.3 is 20.7 Å². The molecule has 2 amide bonds. The molecule has 2 heterocycles. The van der Waals surface area contributed by atoms with Crippen LogP contribution in [0.3, 0.4) is 0 Å². The number of piperazine rings is 1. The van der Waals surface area contributed by atoms with Crippen LogP contribution in [0.15, 0.2) is 76.7 Å². The van der Waals surface area contributed by atoms with Crippen LogP contribution in [0.4, 0.5) is 11.4 Å². The number of nitrogens with two attached hydrogens (primary N) is 1. The van der Waals surface area contributed by atoms with Gasteiger partial charge in [0.25, 0.3) is 21.9 Å².